The summed E-state index contributed by atoms with van der Waals surface area (Å²) in [5, 5.41) is 4.17. The maximum Gasteiger partial charge on any atom is 0.416 e. The molecule has 3 aromatic carbocycles. The summed E-state index contributed by atoms with van der Waals surface area (Å²) in [6.07, 6.45) is -6.42. The van der Waals surface area contributed by atoms with Gasteiger partial charge in [-0.25, -0.2) is 0 Å². The van der Waals surface area contributed by atoms with Crippen LogP contribution >= 0.6 is 0 Å². The summed E-state index contributed by atoms with van der Waals surface area (Å²) in [4.78, 5) is 17.7. The van der Waals surface area contributed by atoms with E-state index in [1.807, 2.05) is 25.2 Å². The lowest BCUT2D eigenvalue weighted by molar-refractivity contribution is -0.138. The summed E-state index contributed by atoms with van der Waals surface area (Å²) in [7, 11) is 2.02. The number of likely N-dealkylation sites (tertiary alicyclic amines) is 1. The van der Waals surface area contributed by atoms with Gasteiger partial charge < -0.3 is 9.88 Å². The predicted molar refractivity (Wildman–Crippen MR) is 159 cm³/mol. The lowest BCUT2D eigenvalue weighted by atomic mass is 10.0. The minimum Gasteiger partial charge on any atom is -0.349 e. The Hall–Kier alpha value is -3.83. The molecule has 1 fully saturated rings. The number of nitrogens with one attached hydrogen (secondary N) is 1. The van der Waals surface area contributed by atoms with Gasteiger partial charge in [-0.05, 0) is 72.0 Å². The van der Waals surface area contributed by atoms with Gasteiger partial charge in [0.05, 0.1) is 11.1 Å². The molecule has 1 amide bonds. The Labute approximate surface area is 257 Å². The highest BCUT2D eigenvalue weighted by atomic mass is 19.4. The molecule has 45 heavy (non-hydrogen) atoms. The molecule has 238 valence electrons. The molecule has 1 N–H and O–H groups in total. The fourth-order valence-electron chi connectivity index (χ4n) is 6.53. The summed E-state index contributed by atoms with van der Waals surface area (Å²) in [5.41, 5.74) is 4.27. The number of carbonyl (C=O) groups excluding carboxylic acids is 1. The lowest BCUT2D eigenvalue weighted by Crippen LogP contribution is -2.44. The van der Waals surface area contributed by atoms with Crippen LogP contribution in [-0.2, 0) is 45.5 Å². The number of fused-ring (bicyclic) bond motifs is 3. The second-order valence-corrected chi connectivity index (χ2v) is 12.1. The van der Waals surface area contributed by atoms with E-state index in [1.165, 1.54) is 30.0 Å². The van der Waals surface area contributed by atoms with E-state index >= 15 is 0 Å². The van der Waals surface area contributed by atoms with Gasteiger partial charge in [0, 0.05) is 80.9 Å². The summed E-state index contributed by atoms with van der Waals surface area (Å²) in [6.45, 7) is 3.97. The summed E-state index contributed by atoms with van der Waals surface area (Å²) in [5.74, 6) is -0.145. The highest BCUT2D eigenvalue weighted by molar-refractivity contribution is 5.99. The highest BCUT2D eigenvalue weighted by Crippen LogP contribution is 2.33. The Morgan fingerprint density at radius 1 is 0.778 bits per heavy atom. The monoisotopic (exact) mass is 628 g/mol. The van der Waals surface area contributed by atoms with Crippen LogP contribution in [0.1, 0.15) is 56.7 Å². The zero-order valence-corrected chi connectivity index (χ0v) is 24.8. The van der Waals surface area contributed by atoms with Crippen LogP contribution in [0.3, 0.4) is 0 Å². The van der Waals surface area contributed by atoms with Crippen LogP contribution in [0.25, 0.3) is 10.9 Å². The SMILES string of the molecule is Cn1c2c(c3cc(C(=O)NC4CCN(Cc5ccc(C(F)(F)F)cc5)CC4)ccc31)CN(Cc1ccc(C(F)(F)F)cc1)CC2. The van der Waals surface area contributed by atoms with Crippen molar-refractivity contribution in [2.45, 2.75) is 57.3 Å². The lowest BCUT2D eigenvalue weighted by Gasteiger charge is -2.32. The quantitative estimate of drug-likeness (QED) is 0.230. The Balaban J connectivity index is 1.07. The smallest absolute Gasteiger partial charge is 0.349 e. The molecule has 5 nitrogen and oxygen atoms in total. The first-order valence-electron chi connectivity index (χ1n) is 15.0. The Morgan fingerprint density at radius 3 is 1.89 bits per heavy atom. The molecule has 6 rings (SSSR count). The number of aryl methyl sites for hydroxylation is 1. The fourth-order valence-corrected chi connectivity index (χ4v) is 6.53. The van der Waals surface area contributed by atoms with Gasteiger partial charge in [0.15, 0.2) is 0 Å². The molecule has 3 heterocycles. The van der Waals surface area contributed by atoms with Gasteiger partial charge in [-0.15, -0.1) is 0 Å². The summed E-state index contributed by atoms with van der Waals surface area (Å²) >= 11 is 0. The van der Waals surface area contributed by atoms with Gasteiger partial charge in [-0.1, -0.05) is 24.3 Å². The molecule has 0 saturated carbocycles. The normalized spacial score (nSPS) is 17.0. The first-order chi connectivity index (χ1) is 21.3. The van der Waals surface area contributed by atoms with Gasteiger partial charge in [-0.3, -0.25) is 14.6 Å². The van der Waals surface area contributed by atoms with Crippen molar-refractivity contribution in [1.29, 1.82) is 0 Å². The Bertz CT molecular complexity index is 1670. The average Bonchev–Trinajstić information content (AvgIpc) is 3.28. The van der Waals surface area contributed by atoms with E-state index < -0.39 is 23.5 Å². The van der Waals surface area contributed by atoms with Crippen molar-refractivity contribution in [2.24, 2.45) is 7.05 Å². The first-order valence-corrected chi connectivity index (χ1v) is 15.0. The van der Waals surface area contributed by atoms with Crippen LogP contribution in [0.4, 0.5) is 26.3 Å². The maximum atomic E-state index is 13.3. The van der Waals surface area contributed by atoms with Gasteiger partial charge in [-0.2, -0.15) is 26.3 Å². The number of hydrogen-bond acceptors (Lipinski definition) is 3. The molecule has 0 spiro atoms. The minimum absolute atomic E-state index is 0.000895. The molecule has 0 atom stereocenters. The van der Waals surface area contributed by atoms with E-state index in [-0.39, 0.29) is 11.9 Å². The van der Waals surface area contributed by atoms with Crippen molar-refractivity contribution in [3.63, 3.8) is 0 Å². The van der Waals surface area contributed by atoms with E-state index in [9.17, 15) is 31.1 Å². The van der Waals surface area contributed by atoms with Crippen molar-refractivity contribution < 1.29 is 31.1 Å². The predicted octanol–water partition coefficient (Wildman–Crippen LogP) is 7.17. The Morgan fingerprint density at radius 2 is 1.33 bits per heavy atom. The van der Waals surface area contributed by atoms with Crippen LogP contribution in [-0.4, -0.2) is 46.0 Å². The zero-order chi connectivity index (χ0) is 31.9. The zero-order valence-electron chi connectivity index (χ0n) is 24.8. The molecule has 4 aromatic rings. The number of rotatable bonds is 6. The van der Waals surface area contributed by atoms with Gasteiger partial charge in [0.1, 0.15) is 0 Å². The number of hydrogen-bond donors (Lipinski definition) is 1. The Kier molecular flexibility index (Phi) is 8.43. The average molecular weight is 629 g/mol. The second-order valence-electron chi connectivity index (χ2n) is 12.1. The van der Waals surface area contributed by atoms with E-state index in [1.54, 1.807) is 0 Å². The van der Waals surface area contributed by atoms with Crippen molar-refractivity contribution in [2.75, 3.05) is 19.6 Å². The number of benzene rings is 3. The molecule has 2 aliphatic heterocycles. The third kappa shape index (κ3) is 6.89. The van der Waals surface area contributed by atoms with Crippen LogP contribution in [0.5, 0.6) is 0 Å². The molecule has 0 aliphatic carbocycles. The number of alkyl halides is 6. The molecule has 0 radical (unpaired) electrons. The standard InChI is InChI=1S/C34H34F6N4O/c1-42-30-11-6-24(32(45)41-27-12-15-43(16-13-27)19-22-2-7-25(8-3-22)33(35,36)37)18-28(30)29-21-44(17-14-31(29)42)20-23-4-9-26(10-5-23)34(38,39)40/h2-11,18,27H,12-17,19-21H2,1H3,(H,41,45). The molecule has 0 unspecified atom stereocenters. The van der Waals surface area contributed by atoms with E-state index in [2.05, 4.69) is 19.7 Å². The molecule has 11 heteroatoms. The number of piperidine rings is 1. The van der Waals surface area contributed by atoms with Gasteiger partial charge >= 0.3 is 12.4 Å². The summed E-state index contributed by atoms with van der Waals surface area (Å²) < 4.78 is 79.6. The van der Waals surface area contributed by atoms with Crippen molar-refractivity contribution >= 4 is 16.8 Å². The fraction of sp³-hybridized carbons (Fsp3) is 0.382. The molecular weight excluding hydrogens is 594 g/mol. The number of nitrogens with zero attached hydrogens (tertiary/aromatic N) is 3. The molecule has 0 bridgehead atoms. The van der Waals surface area contributed by atoms with E-state index in [4.69, 9.17) is 0 Å². The van der Waals surface area contributed by atoms with E-state index in [0.717, 1.165) is 90.8 Å². The van der Waals surface area contributed by atoms with Gasteiger partial charge in [0.25, 0.3) is 5.91 Å². The summed E-state index contributed by atoms with van der Waals surface area (Å²) in [6, 6.07) is 16.3. The number of amides is 1. The second kappa shape index (κ2) is 12.2. The first kappa shape index (κ1) is 31.2. The maximum absolute atomic E-state index is 13.3. The molecule has 2 aliphatic rings. The van der Waals surface area contributed by atoms with Crippen molar-refractivity contribution in [3.05, 3.63) is 106 Å². The topological polar surface area (TPSA) is 40.5 Å². The largest absolute Gasteiger partial charge is 0.416 e. The van der Waals surface area contributed by atoms with Crippen LogP contribution in [0.15, 0.2) is 66.7 Å². The highest BCUT2D eigenvalue weighted by Gasteiger charge is 2.31. The number of aromatic nitrogens is 1. The minimum atomic E-state index is -4.36. The number of carbonyl (C=O) groups is 1. The van der Waals surface area contributed by atoms with Crippen LogP contribution < -0.4 is 5.32 Å². The molecule has 1 aromatic heterocycles. The third-order valence-electron chi connectivity index (χ3n) is 9.04. The third-order valence-corrected chi connectivity index (χ3v) is 9.04. The van der Waals surface area contributed by atoms with Crippen molar-refractivity contribution in [3.8, 4) is 0 Å². The van der Waals surface area contributed by atoms with Crippen LogP contribution in [0, 0.1) is 0 Å². The molecule has 1 saturated heterocycles. The van der Waals surface area contributed by atoms with Crippen molar-refractivity contribution in [1.82, 2.24) is 19.7 Å². The van der Waals surface area contributed by atoms with Gasteiger partial charge in [0.2, 0.25) is 0 Å². The molecular formula is C34H34F6N4O. The van der Waals surface area contributed by atoms with Crippen LogP contribution in [0.2, 0.25) is 0 Å². The van der Waals surface area contributed by atoms with E-state index in [0.29, 0.717) is 25.2 Å². The number of halogens is 6.